The number of halogens is 1. The molecule has 106 valence electrons. The van der Waals surface area contributed by atoms with Gasteiger partial charge in [0, 0.05) is 11.6 Å². The highest BCUT2D eigenvalue weighted by atomic mass is 19.1. The molecule has 0 fully saturated rings. The van der Waals surface area contributed by atoms with Gasteiger partial charge in [-0.1, -0.05) is 39.0 Å². The quantitative estimate of drug-likeness (QED) is 0.898. The lowest BCUT2D eigenvalue weighted by atomic mass is 9.86. The van der Waals surface area contributed by atoms with Crippen molar-refractivity contribution in [3.8, 4) is 11.5 Å². The number of aliphatic hydroxyl groups is 1. The van der Waals surface area contributed by atoms with Crippen molar-refractivity contribution in [2.45, 2.75) is 32.8 Å². The molecular weight excluding hydrogens is 255 g/mol. The fourth-order valence-electron chi connectivity index (χ4n) is 2.07. The van der Waals surface area contributed by atoms with Crippen LogP contribution < -0.4 is 4.74 Å². The van der Waals surface area contributed by atoms with E-state index in [4.69, 9.17) is 9.84 Å². The smallest absolute Gasteiger partial charge is 0.131 e. The first-order valence-corrected chi connectivity index (χ1v) is 6.58. The van der Waals surface area contributed by atoms with E-state index in [2.05, 4.69) is 20.8 Å². The summed E-state index contributed by atoms with van der Waals surface area (Å²) in [6.45, 7) is 6.08. The molecule has 20 heavy (non-hydrogen) atoms. The predicted octanol–water partition coefficient (Wildman–Crippen LogP) is 4.41. The number of rotatable bonds is 3. The Labute approximate surface area is 118 Å². The summed E-state index contributed by atoms with van der Waals surface area (Å²) in [5.74, 6) is 0.681. The van der Waals surface area contributed by atoms with E-state index in [1.807, 2.05) is 24.3 Å². The van der Waals surface area contributed by atoms with E-state index in [1.165, 1.54) is 12.1 Å². The molecule has 2 aromatic carbocycles. The summed E-state index contributed by atoms with van der Waals surface area (Å²) in [5.41, 5.74) is 1.48. The third-order valence-corrected chi connectivity index (χ3v) is 3.04. The number of hydrogen-bond donors (Lipinski definition) is 1. The highest BCUT2D eigenvalue weighted by molar-refractivity contribution is 5.42. The molecule has 1 N–H and O–H groups in total. The molecule has 0 aromatic heterocycles. The molecule has 0 unspecified atom stereocenters. The molecule has 0 saturated heterocycles. The van der Waals surface area contributed by atoms with Crippen molar-refractivity contribution in [1.29, 1.82) is 0 Å². The van der Waals surface area contributed by atoms with Crippen LogP contribution in [0.25, 0.3) is 0 Å². The summed E-state index contributed by atoms with van der Waals surface area (Å²) in [7, 11) is 0. The monoisotopic (exact) mass is 274 g/mol. The summed E-state index contributed by atoms with van der Waals surface area (Å²) in [6.07, 6.45) is 0. The Morgan fingerprint density at radius 3 is 2.45 bits per heavy atom. The van der Waals surface area contributed by atoms with E-state index in [9.17, 15) is 4.39 Å². The zero-order chi connectivity index (χ0) is 14.8. The van der Waals surface area contributed by atoms with Crippen molar-refractivity contribution >= 4 is 0 Å². The van der Waals surface area contributed by atoms with E-state index in [-0.39, 0.29) is 12.0 Å². The van der Waals surface area contributed by atoms with Gasteiger partial charge in [0.05, 0.1) is 6.61 Å². The van der Waals surface area contributed by atoms with E-state index in [0.717, 1.165) is 5.56 Å². The second kappa shape index (κ2) is 5.63. The molecule has 0 aliphatic carbocycles. The Morgan fingerprint density at radius 2 is 1.80 bits per heavy atom. The van der Waals surface area contributed by atoms with Gasteiger partial charge in [-0.15, -0.1) is 0 Å². The van der Waals surface area contributed by atoms with E-state index < -0.39 is 5.82 Å². The first-order chi connectivity index (χ1) is 9.40. The topological polar surface area (TPSA) is 29.5 Å². The van der Waals surface area contributed by atoms with Gasteiger partial charge in [-0.2, -0.15) is 0 Å². The Morgan fingerprint density at radius 1 is 1.10 bits per heavy atom. The number of para-hydroxylation sites is 1. The SMILES string of the molecule is CC(C)(C)c1ccccc1Oc1cc(F)cc(CO)c1. The summed E-state index contributed by atoms with van der Waals surface area (Å²) in [5, 5.41) is 9.11. The second-order valence-electron chi connectivity index (χ2n) is 5.80. The van der Waals surface area contributed by atoms with Crippen molar-refractivity contribution in [3.63, 3.8) is 0 Å². The van der Waals surface area contributed by atoms with Gasteiger partial charge in [0.15, 0.2) is 0 Å². The van der Waals surface area contributed by atoms with Gasteiger partial charge in [0.1, 0.15) is 17.3 Å². The molecule has 2 aromatic rings. The molecule has 0 saturated carbocycles. The Bertz CT molecular complexity index is 600. The predicted molar refractivity (Wildman–Crippen MR) is 77.5 cm³/mol. The summed E-state index contributed by atoms with van der Waals surface area (Å²) in [6, 6.07) is 12.0. The fraction of sp³-hybridized carbons (Fsp3) is 0.294. The van der Waals surface area contributed by atoms with Crippen LogP contribution in [0.4, 0.5) is 4.39 Å². The van der Waals surface area contributed by atoms with Crippen molar-refractivity contribution in [3.05, 3.63) is 59.4 Å². The Kier molecular flexibility index (Phi) is 4.09. The lowest BCUT2D eigenvalue weighted by Gasteiger charge is -2.22. The summed E-state index contributed by atoms with van der Waals surface area (Å²) < 4.78 is 19.3. The van der Waals surface area contributed by atoms with Crippen LogP contribution in [0.15, 0.2) is 42.5 Å². The third-order valence-electron chi connectivity index (χ3n) is 3.04. The van der Waals surface area contributed by atoms with Crippen LogP contribution in [0.5, 0.6) is 11.5 Å². The average Bonchev–Trinajstić information content (AvgIpc) is 2.37. The van der Waals surface area contributed by atoms with E-state index >= 15 is 0 Å². The minimum atomic E-state index is -0.417. The molecule has 0 aliphatic rings. The minimum Gasteiger partial charge on any atom is -0.457 e. The molecule has 2 rings (SSSR count). The standard InChI is InChI=1S/C17H19FO2/c1-17(2,3)15-6-4-5-7-16(15)20-14-9-12(11-19)8-13(18)10-14/h4-10,19H,11H2,1-3H3. The lowest BCUT2D eigenvalue weighted by Crippen LogP contribution is -2.12. The first-order valence-electron chi connectivity index (χ1n) is 6.58. The molecule has 0 bridgehead atoms. The minimum absolute atomic E-state index is 0.0657. The van der Waals surface area contributed by atoms with Crippen LogP contribution in [-0.4, -0.2) is 5.11 Å². The van der Waals surface area contributed by atoms with Gasteiger partial charge < -0.3 is 9.84 Å². The normalized spacial score (nSPS) is 11.4. The highest BCUT2D eigenvalue weighted by Crippen LogP contribution is 2.34. The fourth-order valence-corrected chi connectivity index (χ4v) is 2.07. The summed E-state index contributed by atoms with van der Waals surface area (Å²) in [4.78, 5) is 0. The van der Waals surface area contributed by atoms with Crippen LogP contribution in [-0.2, 0) is 12.0 Å². The van der Waals surface area contributed by atoms with Crippen LogP contribution in [0.1, 0.15) is 31.9 Å². The molecule has 0 radical (unpaired) electrons. The van der Waals surface area contributed by atoms with Gasteiger partial charge in [-0.05, 0) is 29.2 Å². The van der Waals surface area contributed by atoms with E-state index in [0.29, 0.717) is 17.1 Å². The average molecular weight is 274 g/mol. The van der Waals surface area contributed by atoms with Gasteiger partial charge in [-0.25, -0.2) is 4.39 Å². The number of hydrogen-bond acceptors (Lipinski definition) is 2. The molecule has 0 amide bonds. The number of benzene rings is 2. The molecule has 0 aliphatic heterocycles. The Balaban J connectivity index is 2.38. The third kappa shape index (κ3) is 3.36. The molecule has 0 spiro atoms. The van der Waals surface area contributed by atoms with Crippen molar-refractivity contribution in [2.75, 3.05) is 0 Å². The lowest BCUT2D eigenvalue weighted by molar-refractivity contribution is 0.280. The zero-order valence-electron chi connectivity index (χ0n) is 12.0. The van der Waals surface area contributed by atoms with Crippen molar-refractivity contribution < 1.29 is 14.2 Å². The van der Waals surface area contributed by atoms with Crippen molar-refractivity contribution in [2.24, 2.45) is 0 Å². The van der Waals surface area contributed by atoms with Crippen LogP contribution in [0, 0.1) is 5.82 Å². The second-order valence-corrected chi connectivity index (χ2v) is 5.80. The number of aliphatic hydroxyl groups excluding tert-OH is 1. The van der Waals surface area contributed by atoms with Crippen LogP contribution in [0.2, 0.25) is 0 Å². The number of ether oxygens (including phenoxy) is 1. The first kappa shape index (κ1) is 14.5. The summed E-state index contributed by atoms with van der Waals surface area (Å²) >= 11 is 0. The van der Waals surface area contributed by atoms with Gasteiger partial charge in [0.2, 0.25) is 0 Å². The van der Waals surface area contributed by atoms with Gasteiger partial charge in [-0.3, -0.25) is 0 Å². The Hall–Kier alpha value is -1.87. The molecule has 3 heteroatoms. The van der Waals surface area contributed by atoms with Crippen LogP contribution >= 0.6 is 0 Å². The largest absolute Gasteiger partial charge is 0.457 e. The maximum Gasteiger partial charge on any atom is 0.131 e. The molecule has 2 nitrogen and oxygen atoms in total. The highest BCUT2D eigenvalue weighted by Gasteiger charge is 2.18. The molecule has 0 heterocycles. The van der Waals surface area contributed by atoms with Crippen LogP contribution in [0.3, 0.4) is 0 Å². The molecular formula is C17H19FO2. The van der Waals surface area contributed by atoms with Crippen molar-refractivity contribution in [1.82, 2.24) is 0 Å². The van der Waals surface area contributed by atoms with Gasteiger partial charge >= 0.3 is 0 Å². The van der Waals surface area contributed by atoms with Gasteiger partial charge in [0.25, 0.3) is 0 Å². The molecule has 0 atom stereocenters. The maximum atomic E-state index is 13.5. The van der Waals surface area contributed by atoms with E-state index in [1.54, 1.807) is 6.07 Å². The maximum absolute atomic E-state index is 13.5. The zero-order valence-corrected chi connectivity index (χ0v) is 12.0.